The number of aryl methyl sites for hydroxylation is 1. The van der Waals surface area contributed by atoms with Crippen molar-refractivity contribution in [3.8, 4) is 5.88 Å². The van der Waals surface area contributed by atoms with Gasteiger partial charge in [-0.1, -0.05) is 0 Å². The molecule has 7 heteroatoms. The Bertz CT molecular complexity index is 567. The van der Waals surface area contributed by atoms with Crippen LogP contribution in [0.1, 0.15) is 18.1 Å². The lowest BCUT2D eigenvalue weighted by Gasteiger charge is -2.26. The number of halogens is 3. The molecular weight excluding hydrogens is 283 g/mol. The van der Waals surface area contributed by atoms with Gasteiger partial charge in [-0.05, 0) is 31.1 Å². The van der Waals surface area contributed by atoms with Crippen LogP contribution in [-0.4, -0.2) is 35.6 Å². The van der Waals surface area contributed by atoms with Gasteiger partial charge < -0.3 is 9.64 Å². The number of allylic oxidation sites excluding steroid dienone is 2. The van der Waals surface area contributed by atoms with Crippen LogP contribution in [-0.2, 0) is 6.54 Å². The zero-order valence-corrected chi connectivity index (χ0v) is 11.8. The molecule has 0 amide bonds. The third kappa shape index (κ3) is 4.47. The summed E-state index contributed by atoms with van der Waals surface area (Å²) in [5.74, 6) is -0.0162. The number of hydrogen-bond acceptors (Lipinski definition) is 4. The fourth-order valence-corrected chi connectivity index (χ4v) is 1.86. The molecule has 114 valence electrons. The minimum absolute atomic E-state index is 0.0162. The van der Waals surface area contributed by atoms with Crippen molar-refractivity contribution >= 4 is 6.21 Å². The van der Waals surface area contributed by atoms with Crippen molar-refractivity contribution in [1.82, 2.24) is 9.88 Å². The highest BCUT2D eigenvalue weighted by Gasteiger charge is 2.28. The monoisotopic (exact) mass is 299 g/mol. The molecule has 0 saturated heterocycles. The number of pyridine rings is 1. The number of ether oxygens (including phenoxy) is 1. The molecule has 1 aromatic rings. The van der Waals surface area contributed by atoms with E-state index in [1.165, 1.54) is 6.07 Å². The molecule has 21 heavy (non-hydrogen) atoms. The van der Waals surface area contributed by atoms with Crippen molar-refractivity contribution in [3.05, 3.63) is 35.2 Å². The summed E-state index contributed by atoms with van der Waals surface area (Å²) in [5.41, 5.74) is 2.85. The summed E-state index contributed by atoms with van der Waals surface area (Å²) in [5, 5.41) is 0. The number of nitrogens with zero attached hydrogens (tertiary/aromatic N) is 3. The molecule has 0 saturated carbocycles. The van der Waals surface area contributed by atoms with Crippen molar-refractivity contribution in [3.63, 3.8) is 0 Å². The Morgan fingerprint density at radius 3 is 2.71 bits per heavy atom. The van der Waals surface area contributed by atoms with Gasteiger partial charge in [-0.15, -0.1) is 0 Å². The fraction of sp³-hybridized carbons (Fsp3) is 0.429. The average Bonchev–Trinajstić information content (AvgIpc) is 2.41. The van der Waals surface area contributed by atoms with Gasteiger partial charge in [-0.2, -0.15) is 13.2 Å². The van der Waals surface area contributed by atoms with Gasteiger partial charge >= 0.3 is 6.18 Å². The number of rotatable bonds is 4. The van der Waals surface area contributed by atoms with E-state index in [9.17, 15) is 13.2 Å². The Kier molecular flexibility index (Phi) is 4.50. The topological polar surface area (TPSA) is 37.7 Å². The smallest absolute Gasteiger partial charge is 0.422 e. The van der Waals surface area contributed by atoms with Crippen molar-refractivity contribution in [2.45, 2.75) is 26.6 Å². The minimum atomic E-state index is -4.36. The van der Waals surface area contributed by atoms with Gasteiger partial charge in [0.15, 0.2) is 6.61 Å². The molecule has 2 rings (SSSR count). The molecule has 0 unspecified atom stereocenters. The van der Waals surface area contributed by atoms with E-state index in [4.69, 9.17) is 0 Å². The number of aromatic nitrogens is 1. The lowest BCUT2D eigenvalue weighted by molar-refractivity contribution is -0.154. The van der Waals surface area contributed by atoms with E-state index in [2.05, 4.69) is 19.6 Å². The standard InChI is InChI=1S/C14H16F3N3O/c1-10-5-13(21-8-14(15,16)17)19-6-12(10)7-20-9-18-4-3-11(20)2/h3-6H,7-9H2,1-2H3. The van der Waals surface area contributed by atoms with Gasteiger partial charge in [0.25, 0.3) is 0 Å². The van der Waals surface area contributed by atoms with Crippen LogP contribution in [0.25, 0.3) is 0 Å². The molecule has 0 spiro atoms. The lowest BCUT2D eigenvalue weighted by atomic mass is 10.1. The first-order chi connectivity index (χ1) is 9.85. The van der Waals surface area contributed by atoms with Crippen LogP contribution in [0.3, 0.4) is 0 Å². The molecule has 4 nitrogen and oxygen atoms in total. The van der Waals surface area contributed by atoms with E-state index in [-0.39, 0.29) is 5.88 Å². The molecule has 1 aromatic heterocycles. The first-order valence-corrected chi connectivity index (χ1v) is 6.42. The van der Waals surface area contributed by atoms with Crippen LogP contribution in [0.4, 0.5) is 13.2 Å². The van der Waals surface area contributed by atoms with E-state index < -0.39 is 12.8 Å². The molecule has 2 heterocycles. The molecule has 1 aliphatic rings. The van der Waals surface area contributed by atoms with Crippen LogP contribution in [0, 0.1) is 6.92 Å². The van der Waals surface area contributed by atoms with Gasteiger partial charge in [-0.3, -0.25) is 4.99 Å². The number of alkyl halides is 3. The van der Waals surface area contributed by atoms with Gasteiger partial charge in [0.2, 0.25) is 5.88 Å². The summed E-state index contributed by atoms with van der Waals surface area (Å²) in [6.45, 7) is 3.64. The van der Waals surface area contributed by atoms with Crippen molar-refractivity contribution in [2.75, 3.05) is 13.3 Å². The molecule has 0 aliphatic carbocycles. The maximum Gasteiger partial charge on any atom is 0.422 e. The molecule has 0 bridgehead atoms. The SMILES string of the molecule is CC1=CC=NCN1Cc1cnc(OCC(F)(F)F)cc1C. The first kappa shape index (κ1) is 15.3. The Morgan fingerprint density at radius 1 is 1.33 bits per heavy atom. The van der Waals surface area contributed by atoms with Gasteiger partial charge in [0.1, 0.15) is 6.67 Å². The number of hydrogen-bond donors (Lipinski definition) is 0. The second kappa shape index (κ2) is 6.15. The lowest BCUT2D eigenvalue weighted by Crippen LogP contribution is -2.24. The molecule has 1 aliphatic heterocycles. The normalized spacial score (nSPS) is 15.1. The summed E-state index contributed by atoms with van der Waals surface area (Å²) in [4.78, 5) is 10.1. The van der Waals surface area contributed by atoms with Crippen LogP contribution in [0.2, 0.25) is 0 Å². The van der Waals surface area contributed by atoms with Crippen molar-refractivity contribution in [2.24, 2.45) is 4.99 Å². The van der Waals surface area contributed by atoms with Crippen molar-refractivity contribution in [1.29, 1.82) is 0 Å². The molecular formula is C14H16F3N3O. The largest absolute Gasteiger partial charge is 0.468 e. The summed E-state index contributed by atoms with van der Waals surface area (Å²) < 4.78 is 40.9. The molecule has 0 atom stereocenters. The van der Waals surface area contributed by atoms with Gasteiger partial charge in [-0.25, -0.2) is 4.98 Å². The Morgan fingerprint density at radius 2 is 2.10 bits per heavy atom. The van der Waals surface area contributed by atoms with Crippen molar-refractivity contribution < 1.29 is 17.9 Å². The summed E-state index contributed by atoms with van der Waals surface area (Å²) >= 11 is 0. The minimum Gasteiger partial charge on any atom is -0.468 e. The molecule has 0 aromatic carbocycles. The summed E-state index contributed by atoms with van der Waals surface area (Å²) in [6, 6.07) is 1.52. The zero-order chi connectivity index (χ0) is 15.5. The van der Waals surface area contributed by atoms with Crippen LogP contribution in [0.5, 0.6) is 5.88 Å². The highest BCUT2D eigenvalue weighted by molar-refractivity contribution is 5.72. The summed E-state index contributed by atoms with van der Waals surface area (Å²) in [6.07, 6.45) is 0.854. The molecule has 0 radical (unpaired) electrons. The summed E-state index contributed by atoms with van der Waals surface area (Å²) in [7, 11) is 0. The third-order valence-corrected chi connectivity index (χ3v) is 3.11. The first-order valence-electron chi connectivity index (χ1n) is 6.42. The van der Waals surface area contributed by atoms with E-state index in [0.29, 0.717) is 13.2 Å². The van der Waals surface area contributed by atoms with E-state index in [1.807, 2.05) is 19.9 Å². The number of aliphatic imine (C=N–C) groups is 1. The second-order valence-electron chi connectivity index (χ2n) is 4.83. The Labute approximate surface area is 121 Å². The highest BCUT2D eigenvalue weighted by atomic mass is 19.4. The van der Waals surface area contributed by atoms with Crippen LogP contribution >= 0.6 is 0 Å². The average molecular weight is 299 g/mol. The maximum absolute atomic E-state index is 12.1. The Balaban J connectivity index is 2.02. The van der Waals surface area contributed by atoms with E-state index >= 15 is 0 Å². The van der Waals surface area contributed by atoms with Crippen LogP contribution < -0.4 is 4.74 Å². The predicted molar refractivity (Wildman–Crippen MR) is 73.2 cm³/mol. The predicted octanol–water partition coefficient (Wildman–Crippen LogP) is 3.08. The van der Waals surface area contributed by atoms with E-state index in [0.717, 1.165) is 16.8 Å². The molecule has 0 N–H and O–H groups in total. The Hall–Kier alpha value is -2.05. The quantitative estimate of drug-likeness (QED) is 0.857. The molecule has 0 fully saturated rings. The van der Waals surface area contributed by atoms with Crippen LogP contribution in [0.15, 0.2) is 29.0 Å². The maximum atomic E-state index is 12.1. The zero-order valence-electron chi connectivity index (χ0n) is 11.8. The highest BCUT2D eigenvalue weighted by Crippen LogP contribution is 2.21. The van der Waals surface area contributed by atoms with E-state index in [1.54, 1.807) is 12.4 Å². The van der Waals surface area contributed by atoms with Gasteiger partial charge in [0.05, 0.1) is 0 Å². The van der Waals surface area contributed by atoms with Gasteiger partial charge in [0, 0.05) is 30.7 Å². The third-order valence-electron chi connectivity index (χ3n) is 3.11. The fourth-order valence-electron chi connectivity index (χ4n) is 1.86. The second-order valence-corrected chi connectivity index (χ2v) is 4.83.